The number of esters is 1. The minimum absolute atomic E-state index is 0.277. The molecule has 1 N–H and O–H groups in total. The first-order valence-electron chi connectivity index (χ1n) is 7.15. The van der Waals surface area contributed by atoms with Gasteiger partial charge in [0, 0.05) is 6.04 Å². The van der Waals surface area contributed by atoms with Gasteiger partial charge >= 0.3 is 5.97 Å². The molecule has 0 bridgehead atoms. The Bertz CT molecular complexity index is 468. The van der Waals surface area contributed by atoms with E-state index in [1.807, 2.05) is 18.5 Å². The fourth-order valence-electron chi connectivity index (χ4n) is 2.69. The van der Waals surface area contributed by atoms with Crippen LogP contribution in [0.4, 0.5) is 5.82 Å². The number of carbonyl (C=O) groups excluding carboxylic acids is 1. The Kier molecular flexibility index (Phi) is 4.12. The van der Waals surface area contributed by atoms with Crippen LogP contribution in [0.25, 0.3) is 0 Å². The summed E-state index contributed by atoms with van der Waals surface area (Å²) in [4.78, 5) is 12.1. The molecule has 0 aromatic carbocycles. The van der Waals surface area contributed by atoms with Crippen molar-refractivity contribution in [2.45, 2.75) is 59.0 Å². The smallest absolute Gasteiger partial charge is 0.343 e. The molecule has 19 heavy (non-hydrogen) atoms. The molecular weight excluding hydrogens is 242 g/mol. The Hall–Kier alpha value is -1.52. The quantitative estimate of drug-likeness (QED) is 0.850. The summed E-state index contributed by atoms with van der Waals surface area (Å²) in [6.07, 6.45) is 3.13. The molecular formula is C14H23N3O2. The van der Waals surface area contributed by atoms with Crippen molar-refractivity contribution in [3.8, 4) is 0 Å². The second kappa shape index (κ2) is 5.63. The Morgan fingerprint density at radius 1 is 1.42 bits per heavy atom. The topological polar surface area (TPSA) is 56.1 Å². The predicted octanol–water partition coefficient (Wildman–Crippen LogP) is 2.91. The fourth-order valence-corrected chi connectivity index (χ4v) is 2.69. The third-order valence-corrected chi connectivity index (χ3v) is 3.77. The lowest BCUT2D eigenvalue weighted by atomic mass is 10.00. The van der Waals surface area contributed by atoms with Gasteiger partial charge in [-0.15, -0.1) is 0 Å². The van der Waals surface area contributed by atoms with Crippen LogP contribution in [0, 0.1) is 6.92 Å². The number of carbonyl (C=O) groups is 1. The number of hydrogen-bond acceptors (Lipinski definition) is 4. The van der Waals surface area contributed by atoms with E-state index in [2.05, 4.69) is 24.3 Å². The minimum atomic E-state index is -0.277. The van der Waals surface area contributed by atoms with Crippen molar-refractivity contribution in [2.24, 2.45) is 0 Å². The van der Waals surface area contributed by atoms with Gasteiger partial charge in [0.05, 0.1) is 18.3 Å². The highest BCUT2D eigenvalue weighted by molar-refractivity contribution is 5.96. The molecule has 0 radical (unpaired) electrons. The zero-order chi connectivity index (χ0) is 14.0. The first kappa shape index (κ1) is 13.9. The van der Waals surface area contributed by atoms with Gasteiger partial charge in [0.2, 0.25) is 0 Å². The molecule has 5 nitrogen and oxygen atoms in total. The van der Waals surface area contributed by atoms with Crippen molar-refractivity contribution in [1.82, 2.24) is 9.78 Å². The van der Waals surface area contributed by atoms with Crippen LogP contribution in [0.3, 0.4) is 0 Å². The number of ether oxygens (including phenoxy) is 1. The van der Waals surface area contributed by atoms with E-state index in [9.17, 15) is 4.79 Å². The molecule has 106 valence electrons. The largest absolute Gasteiger partial charge is 0.462 e. The van der Waals surface area contributed by atoms with Crippen molar-refractivity contribution in [1.29, 1.82) is 0 Å². The van der Waals surface area contributed by atoms with Gasteiger partial charge in [-0.25, -0.2) is 9.48 Å². The maximum absolute atomic E-state index is 12.1. The third-order valence-electron chi connectivity index (χ3n) is 3.77. The molecule has 0 amide bonds. The molecule has 0 spiro atoms. The third kappa shape index (κ3) is 2.46. The monoisotopic (exact) mass is 265 g/mol. The van der Waals surface area contributed by atoms with Crippen molar-refractivity contribution < 1.29 is 9.53 Å². The number of nitrogens with zero attached hydrogens (tertiary/aromatic N) is 2. The lowest BCUT2D eigenvalue weighted by molar-refractivity contribution is 0.0526. The zero-order valence-electron chi connectivity index (χ0n) is 12.2. The van der Waals surface area contributed by atoms with Crippen LogP contribution in [0.2, 0.25) is 0 Å². The van der Waals surface area contributed by atoms with E-state index in [4.69, 9.17) is 4.74 Å². The Labute approximate surface area is 114 Å². The lowest BCUT2D eigenvalue weighted by Crippen LogP contribution is -2.32. The number of fused-ring (bicyclic) bond motifs is 1. The van der Waals surface area contributed by atoms with Gasteiger partial charge in [-0.2, -0.15) is 5.10 Å². The highest BCUT2D eigenvalue weighted by atomic mass is 16.5. The molecule has 1 aliphatic heterocycles. The standard InChI is InChI=1S/C14H23N3O2/c1-5-10-8-11(6-2)17-13(15-10)12(9(4)16-17)14(18)19-7-3/h10-11,15H,5-8H2,1-4H3. The van der Waals surface area contributed by atoms with E-state index in [0.29, 0.717) is 24.3 Å². The summed E-state index contributed by atoms with van der Waals surface area (Å²) in [5, 5.41) is 7.97. The molecule has 0 aliphatic carbocycles. The highest BCUT2D eigenvalue weighted by Gasteiger charge is 2.31. The van der Waals surface area contributed by atoms with E-state index in [1.165, 1.54) is 0 Å². The summed E-state index contributed by atoms with van der Waals surface area (Å²) in [6.45, 7) is 8.39. The van der Waals surface area contributed by atoms with Gasteiger partial charge in [-0.3, -0.25) is 0 Å². The SMILES string of the molecule is CCOC(=O)c1c(C)nn2c1NC(CC)CC2CC. The zero-order valence-corrected chi connectivity index (χ0v) is 12.2. The van der Waals surface area contributed by atoms with Crippen molar-refractivity contribution in [3.63, 3.8) is 0 Å². The normalized spacial score (nSPS) is 21.7. The summed E-state index contributed by atoms with van der Waals surface area (Å²) in [6, 6.07) is 0.768. The maximum Gasteiger partial charge on any atom is 0.343 e. The number of hydrogen-bond donors (Lipinski definition) is 1. The van der Waals surface area contributed by atoms with E-state index in [0.717, 1.165) is 30.8 Å². The fraction of sp³-hybridized carbons (Fsp3) is 0.714. The molecule has 2 unspecified atom stereocenters. The first-order valence-corrected chi connectivity index (χ1v) is 7.15. The highest BCUT2D eigenvalue weighted by Crippen LogP contribution is 2.34. The average Bonchev–Trinajstić information content (AvgIpc) is 2.73. The predicted molar refractivity (Wildman–Crippen MR) is 74.6 cm³/mol. The molecule has 2 heterocycles. The van der Waals surface area contributed by atoms with Crippen LogP contribution >= 0.6 is 0 Å². The van der Waals surface area contributed by atoms with Crippen molar-refractivity contribution in [2.75, 3.05) is 11.9 Å². The number of nitrogens with one attached hydrogen (secondary N) is 1. The van der Waals surface area contributed by atoms with Crippen LogP contribution < -0.4 is 5.32 Å². The first-order chi connectivity index (χ1) is 9.12. The number of anilines is 1. The minimum Gasteiger partial charge on any atom is -0.462 e. The van der Waals surface area contributed by atoms with E-state index >= 15 is 0 Å². The summed E-state index contributed by atoms with van der Waals surface area (Å²) in [5.74, 6) is 0.557. The second-order valence-electron chi connectivity index (χ2n) is 5.02. The van der Waals surface area contributed by atoms with E-state index in [-0.39, 0.29) is 5.97 Å². The van der Waals surface area contributed by atoms with E-state index in [1.54, 1.807) is 0 Å². The molecule has 0 saturated carbocycles. The number of aromatic nitrogens is 2. The Balaban J connectivity index is 2.42. The Morgan fingerprint density at radius 3 is 2.74 bits per heavy atom. The van der Waals surface area contributed by atoms with E-state index < -0.39 is 0 Å². The van der Waals surface area contributed by atoms with Crippen LogP contribution in [0.1, 0.15) is 62.1 Å². The van der Waals surface area contributed by atoms with Gasteiger partial charge in [-0.1, -0.05) is 13.8 Å². The molecule has 0 fully saturated rings. The average molecular weight is 265 g/mol. The number of aryl methyl sites for hydroxylation is 1. The molecule has 5 heteroatoms. The molecule has 1 aromatic rings. The summed E-state index contributed by atoms with van der Waals surface area (Å²) in [5.41, 5.74) is 1.34. The Morgan fingerprint density at radius 2 is 2.16 bits per heavy atom. The van der Waals surface area contributed by atoms with Crippen LogP contribution in [-0.4, -0.2) is 28.4 Å². The second-order valence-corrected chi connectivity index (χ2v) is 5.02. The van der Waals surface area contributed by atoms with Gasteiger partial charge in [-0.05, 0) is 33.1 Å². The van der Waals surface area contributed by atoms with Crippen LogP contribution in [0.15, 0.2) is 0 Å². The van der Waals surface area contributed by atoms with Gasteiger partial charge in [0.25, 0.3) is 0 Å². The summed E-state index contributed by atoms with van der Waals surface area (Å²) in [7, 11) is 0. The molecule has 1 aliphatic rings. The summed E-state index contributed by atoms with van der Waals surface area (Å²) >= 11 is 0. The maximum atomic E-state index is 12.1. The van der Waals surface area contributed by atoms with Crippen molar-refractivity contribution >= 4 is 11.8 Å². The van der Waals surface area contributed by atoms with Crippen LogP contribution in [-0.2, 0) is 4.74 Å². The number of rotatable bonds is 4. The van der Waals surface area contributed by atoms with Gasteiger partial charge < -0.3 is 10.1 Å². The molecule has 2 atom stereocenters. The lowest BCUT2D eigenvalue weighted by Gasteiger charge is -2.31. The van der Waals surface area contributed by atoms with Gasteiger partial charge in [0.15, 0.2) is 0 Å². The van der Waals surface area contributed by atoms with Crippen LogP contribution in [0.5, 0.6) is 0 Å². The summed E-state index contributed by atoms with van der Waals surface area (Å²) < 4.78 is 7.10. The van der Waals surface area contributed by atoms with Crippen molar-refractivity contribution in [3.05, 3.63) is 11.3 Å². The molecule has 1 aromatic heterocycles. The van der Waals surface area contributed by atoms with Gasteiger partial charge in [0.1, 0.15) is 11.4 Å². The molecule has 0 saturated heterocycles. The molecule has 2 rings (SSSR count).